The van der Waals surface area contributed by atoms with E-state index in [1.165, 1.54) is 0 Å². The predicted octanol–water partition coefficient (Wildman–Crippen LogP) is 2.39. The van der Waals surface area contributed by atoms with E-state index in [1.807, 2.05) is 47.2 Å². The van der Waals surface area contributed by atoms with Crippen LogP contribution in [0.25, 0.3) is 0 Å². The molecule has 0 saturated carbocycles. The molecule has 17 heavy (non-hydrogen) atoms. The number of hydrogen-bond donors (Lipinski definition) is 2. The number of benzene rings is 1. The third-order valence-electron chi connectivity index (χ3n) is 2.44. The van der Waals surface area contributed by atoms with Gasteiger partial charge in [0.25, 0.3) is 0 Å². The van der Waals surface area contributed by atoms with E-state index in [-0.39, 0.29) is 5.84 Å². The first kappa shape index (κ1) is 11.7. The van der Waals surface area contributed by atoms with E-state index in [4.69, 9.17) is 10.9 Å². The summed E-state index contributed by atoms with van der Waals surface area (Å²) >= 11 is 3.43. The highest BCUT2D eigenvalue weighted by atomic mass is 79.9. The van der Waals surface area contributed by atoms with E-state index in [0.29, 0.717) is 12.2 Å². The van der Waals surface area contributed by atoms with Gasteiger partial charge in [0.1, 0.15) is 0 Å². The Labute approximate surface area is 107 Å². The van der Waals surface area contributed by atoms with Crippen LogP contribution in [0.1, 0.15) is 11.3 Å². The standard InChI is InChI=1S/C12H12BrN3O/c13-10-4-1-3-9(7-10)8-16-6-2-5-11(16)12(14)15-17/h1-7,17H,8H2,(H2,14,15). The van der Waals surface area contributed by atoms with Gasteiger partial charge in [-0.3, -0.25) is 0 Å². The highest BCUT2D eigenvalue weighted by Crippen LogP contribution is 2.14. The van der Waals surface area contributed by atoms with E-state index in [9.17, 15) is 0 Å². The molecule has 3 N–H and O–H groups in total. The van der Waals surface area contributed by atoms with Gasteiger partial charge in [-0.25, -0.2) is 0 Å². The lowest BCUT2D eigenvalue weighted by molar-refractivity contribution is 0.318. The summed E-state index contributed by atoms with van der Waals surface area (Å²) in [5, 5.41) is 11.7. The molecule has 2 aromatic rings. The van der Waals surface area contributed by atoms with Crippen LogP contribution >= 0.6 is 15.9 Å². The molecule has 4 nitrogen and oxygen atoms in total. The lowest BCUT2D eigenvalue weighted by atomic mass is 10.2. The monoisotopic (exact) mass is 293 g/mol. The average Bonchev–Trinajstić information content (AvgIpc) is 2.76. The maximum atomic E-state index is 8.68. The molecular formula is C12H12BrN3O. The third kappa shape index (κ3) is 2.68. The fraction of sp³-hybridized carbons (Fsp3) is 0.0833. The lowest BCUT2D eigenvalue weighted by Crippen LogP contribution is -2.18. The molecule has 0 amide bonds. The largest absolute Gasteiger partial charge is 0.409 e. The Morgan fingerprint density at radius 2 is 2.18 bits per heavy atom. The molecule has 0 atom stereocenters. The summed E-state index contributed by atoms with van der Waals surface area (Å²) in [7, 11) is 0. The number of aromatic nitrogens is 1. The average molecular weight is 294 g/mol. The maximum Gasteiger partial charge on any atom is 0.186 e. The summed E-state index contributed by atoms with van der Waals surface area (Å²) in [6.07, 6.45) is 1.90. The second kappa shape index (κ2) is 5.05. The molecule has 2 rings (SSSR count). The Balaban J connectivity index is 2.28. The Morgan fingerprint density at radius 1 is 1.35 bits per heavy atom. The van der Waals surface area contributed by atoms with Gasteiger partial charge in [-0.2, -0.15) is 0 Å². The zero-order chi connectivity index (χ0) is 12.3. The number of oxime groups is 1. The van der Waals surface area contributed by atoms with E-state index < -0.39 is 0 Å². The Kier molecular flexibility index (Phi) is 3.49. The quantitative estimate of drug-likeness (QED) is 0.395. The fourth-order valence-corrected chi connectivity index (χ4v) is 2.11. The van der Waals surface area contributed by atoms with E-state index >= 15 is 0 Å². The van der Waals surface area contributed by atoms with Crippen LogP contribution in [0.2, 0.25) is 0 Å². The van der Waals surface area contributed by atoms with Crippen LogP contribution < -0.4 is 5.73 Å². The van der Waals surface area contributed by atoms with E-state index in [0.717, 1.165) is 10.0 Å². The number of hydrogen-bond acceptors (Lipinski definition) is 2. The van der Waals surface area contributed by atoms with Gasteiger partial charge in [0.2, 0.25) is 0 Å². The second-order valence-corrected chi connectivity index (χ2v) is 4.55. The molecule has 0 aliphatic heterocycles. The minimum atomic E-state index is 0.116. The van der Waals surface area contributed by atoms with Gasteiger partial charge in [-0.15, -0.1) is 0 Å². The van der Waals surface area contributed by atoms with Crippen molar-refractivity contribution >= 4 is 21.8 Å². The number of halogens is 1. The summed E-state index contributed by atoms with van der Waals surface area (Å²) in [6, 6.07) is 11.7. The Hall–Kier alpha value is -1.75. The number of amidine groups is 1. The van der Waals surface area contributed by atoms with Crippen molar-refractivity contribution in [3.8, 4) is 0 Å². The predicted molar refractivity (Wildman–Crippen MR) is 70.2 cm³/mol. The topological polar surface area (TPSA) is 63.5 Å². The van der Waals surface area contributed by atoms with Crippen molar-refractivity contribution in [2.45, 2.75) is 6.54 Å². The van der Waals surface area contributed by atoms with Crippen LogP contribution in [0.5, 0.6) is 0 Å². The molecule has 5 heteroatoms. The Bertz CT molecular complexity index is 548. The first-order valence-electron chi connectivity index (χ1n) is 5.08. The highest BCUT2D eigenvalue weighted by molar-refractivity contribution is 9.10. The van der Waals surface area contributed by atoms with Gasteiger partial charge < -0.3 is 15.5 Å². The minimum absolute atomic E-state index is 0.116. The van der Waals surface area contributed by atoms with E-state index in [2.05, 4.69) is 21.1 Å². The summed E-state index contributed by atoms with van der Waals surface area (Å²) < 4.78 is 2.96. The molecule has 0 unspecified atom stereocenters. The van der Waals surface area contributed by atoms with Gasteiger partial charge >= 0.3 is 0 Å². The van der Waals surface area contributed by atoms with Gasteiger partial charge in [-0.05, 0) is 29.8 Å². The zero-order valence-electron chi connectivity index (χ0n) is 9.05. The minimum Gasteiger partial charge on any atom is -0.409 e. The van der Waals surface area contributed by atoms with Gasteiger partial charge in [0, 0.05) is 17.2 Å². The second-order valence-electron chi connectivity index (χ2n) is 3.64. The molecule has 1 aromatic heterocycles. The molecule has 0 fully saturated rings. The van der Waals surface area contributed by atoms with Crippen LogP contribution in [0.15, 0.2) is 52.2 Å². The van der Waals surface area contributed by atoms with Gasteiger partial charge in [-0.1, -0.05) is 33.2 Å². The third-order valence-corrected chi connectivity index (χ3v) is 2.93. The first-order valence-corrected chi connectivity index (χ1v) is 5.87. The summed E-state index contributed by atoms with van der Waals surface area (Å²) in [5.74, 6) is 0.116. The van der Waals surface area contributed by atoms with Crippen molar-refractivity contribution in [3.63, 3.8) is 0 Å². The molecular weight excluding hydrogens is 282 g/mol. The zero-order valence-corrected chi connectivity index (χ0v) is 10.6. The van der Waals surface area contributed by atoms with Crippen molar-refractivity contribution < 1.29 is 5.21 Å². The molecule has 0 aliphatic carbocycles. The molecule has 0 aliphatic rings. The van der Waals surface area contributed by atoms with Crippen molar-refractivity contribution in [2.75, 3.05) is 0 Å². The van der Waals surface area contributed by atoms with E-state index in [1.54, 1.807) is 0 Å². The summed E-state index contributed by atoms with van der Waals surface area (Å²) in [5.41, 5.74) is 7.44. The molecule has 0 spiro atoms. The Morgan fingerprint density at radius 3 is 2.88 bits per heavy atom. The SMILES string of the molecule is N/C(=N/O)c1cccn1Cc1cccc(Br)c1. The van der Waals surface area contributed by atoms with Crippen LogP contribution in [0, 0.1) is 0 Å². The van der Waals surface area contributed by atoms with Crippen LogP contribution in [0.4, 0.5) is 0 Å². The van der Waals surface area contributed by atoms with Crippen LogP contribution in [-0.4, -0.2) is 15.6 Å². The molecule has 0 radical (unpaired) electrons. The number of nitrogens with zero attached hydrogens (tertiary/aromatic N) is 2. The van der Waals surface area contributed by atoms with Crippen molar-refractivity contribution in [3.05, 3.63) is 58.3 Å². The fourth-order valence-electron chi connectivity index (χ4n) is 1.67. The van der Waals surface area contributed by atoms with Crippen LogP contribution in [-0.2, 0) is 6.54 Å². The van der Waals surface area contributed by atoms with Crippen molar-refractivity contribution in [2.24, 2.45) is 10.9 Å². The number of nitrogens with two attached hydrogens (primary N) is 1. The molecule has 88 valence electrons. The summed E-state index contributed by atoms with van der Waals surface area (Å²) in [4.78, 5) is 0. The molecule has 1 aromatic carbocycles. The van der Waals surface area contributed by atoms with Gasteiger partial charge in [0.15, 0.2) is 5.84 Å². The molecule has 1 heterocycles. The van der Waals surface area contributed by atoms with Crippen molar-refractivity contribution in [1.29, 1.82) is 0 Å². The number of rotatable bonds is 3. The normalized spacial score (nSPS) is 11.7. The van der Waals surface area contributed by atoms with Gasteiger partial charge in [0.05, 0.1) is 5.69 Å². The smallest absolute Gasteiger partial charge is 0.186 e. The first-order chi connectivity index (χ1) is 8.20. The molecule has 0 saturated heterocycles. The molecule has 0 bridgehead atoms. The highest BCUT2D eigenvalue weighted by Gasteiger charge is 2.06. The summed E-state index contributed by atoms with van der Waals surface area (Å²) in [6.45, 7) is 0.679. The maximum absolute atomic E-state index is 8.68. The lowest BCUT2D eigenvalue weighted by Gasteiger charge is -2.08. The van der Waals surface area contributed by atoms with Crippen molar-refractivity contribution in [1.82, 2.24) is 4.57 Å². The van der Waals surface area contributed by atoms with Crippen LogP contribution in [0.3, 0.4) is 0 Å².